The number of ether oxygens (including phenoxy) is 3. The molecule has 1 aliphatic carbocycles. The van der Waals surface area contributed by atoms with Gasteiger partial charge in [0, 0.05) is 58.8 Å². The molecule has 0 radical (unpaired) electrons. The Morgan fingerprint density at radius 2 is 1.48 bits per heavy atom. The summed E-state index contributed by atoms with van der Waals surface area (Å²) < 4.78 is 20.1. The predicted molar refractivity (Wildman–Crippen MR) is 233 cm³/mol. The molecule has 5 unspecified atom stereocenters. The Bertz CT molecular complexity index is 2590. The van der Waals surface area contributed by atoms with Gasteiger partial charge in [0.15, 0.2) is 0 Å². The molecule has 4 saturated heterocycles. The van der Waals surface area contributed by atoms with Crippen molar-refractivity contribution in [1.82, 2.24) is 30.0 Å². The van der Waals surface area contributed by atoms with Gasteiger partial charge in [0.2, 0.25) is 11.8 Å². The second-order valence-electron chi connectivity index (χ2n) is 17.9. The minimum Gasteiger partial charge on any atom is -0.497 e. The van der Waals surface area contributed by atoms with Crippen LogP contribution in [-0.2, 0) is 6.61 Å². The fourth-order valence-electron chi connectivity index (χ4n) is 11.5. The summed E-state index contributed by atoms with van der Waals surface area (Å²) in [6.45, 7) is 8.60. The summed E-state index contributed by atoms with van der Waals surface area (Å²) in [5, 5.41) is 46.3. The van der Waals surface area contributed by atoms with Crippen molar-refractivity contribution in [2.45, 2.75) is 107 Å². The van der Waals surface area contributed by atoms with Gasteiger partial charge in [0.05, 0.1) is 52.8 Å². The molecule has 5 aliphatic rings. The first kappa shape index (κ1) is 40.1. The molecule has 61 heavy (non-hydrogen) atoms. The van der Waals surface area contributed by atoms with E-state index in [1.165, 1.54) is 0 Å². The number of methoxy groups -OCH3 is 1. The van der Waals surface area contributed by atoms with Gasteiger partial charge in [-0.2, -0.15) is 0 Å². The normalized spacial score (nSPS) is 28.7. The van der Waals surface area contributed by atoms with Gasteiger partial charge >= 0.3 is 0 Å². The van der Waals surface area contributed by atoms with Gasteiger partial charge in [-0.25, -0.2) is 0 Å². The number of rotatable bonds is 13. The molecule has 318 valence electrons. The van der Waals surface area contributed by atoms with Gasteiger partial charge < -0.3 is 29.5 Å². The molecule has 1 saturated carbocycles. The summed E-state index contributed by atoms with van der Waals surface area (Å²) in [6, 6.07) is 23.9. The monoisotopic (exact) mass is 824 g/mol. The highest BCUT2D eigenvalue weighted by molar-refractivity contribution is 5.91. The summed E-state index contributed by atoms with van der Waals surface area (Å²) in [5.74, 6) is 1.90. The molecule has 2 bridgehead atoms. The van der Waals surface area contributed by atoms with E-state index < -0.39 is 23.4 Å². The van der Waals surface area contributed by atoms with Gasteiger partial charge in [0.1, 0.15) is 18.0 Å². The minimum absolute atomic E-state index is 0.0333. The van der Waals surface area contributed by atoms with Gasteiger partial charge in [-0.1, -0.05) is 32.0 Å². The van der Waals surface area contributed by atoms with E-state index in [1.54, 1.807) is 7.11 Å². The standard InChI is InChI=1S/C49H56N6O6/c1-5-48(57)26-43-39(48)18-22-55(43)29(3)44(33-15-19-50-40-13-11-30(27-56)23-37(33)40)60-46-35-9-7-8-10-36(35)47(53-52-46)61-45(42-24-31-17-21-54(42)28-49(31,58)6-2)34-16-20-51-41-14-12-32(59-4)25-38(34)41/h7-16,19-20,23,25,29,31,39,42-45,56-58H,5-6,17-18,21-22,24,26-28H2,1-4H3/t29?,31?,39-,42?,43?,44+,45+,48+,49-/m1/s1. The lowest BCUT2D eigenvalue weighted by Crippen LogP contribution is -2.64. The van der Waals surface area contributed by atoms with Crippen LogP contribution in [0.3, 0.4) is 0 Å². The van der Waals surface area contributed by atoms with Crippen molar-refractivity contribution in [2.24, 2.45) is 11.8 Å². The van der Waals surface area contributed by atoms with Gasteiger partial charge in [-0.05, 0) is 125 Å². The van der Waals surface area contributed by atoms with E-state index in [-0.39, 0.29) is 36.6 Å². The zero-order valence-electron chi connectivity index (χ0n) is 35.4. The zero-order chi connectivity index (χ0) is 42.0. The highest BCUT2D eigenvalue weighted by Gasteiger charge is 2.58. The lowest BCUT2D eigenvalue weighted by Gasteiger charge is -2.55. The van der Waals surface area contributed by atoms with E-state index in [4.69, 9.17) is 29.4 Å². The number of hydrogen-bond acceptors (Lipinski definition) is 12. The van der Waals surface area contributed by atoms with Crippen LogP contribution >= 0.6 is 0 Å². The summed E-state index contributed by atoms with van der Waals surface area (Å²) in [7, 11) is 1.67. The van der Waals surface area contributed by atoms with Crippen molar-refractivity contribution in [3.8, 4) is 17.5 Å². The van der Waals surface area contributed by atoms with E-state index in [9.17, 15) is 15.3 Å². The fourth-order valence-corrected chi connectivity index (χ4v) is 11.5. The highest BCUT2D eigenvalue weighted by atomic mass is 16.5. The first-order valence-corrected chi connectivity index (χ1v) is 22.1. The third-order valence-corrected chi connectivity index (χ3v) is 15.1. The Morgan fingerprint density at radius 3 is 2.15 bits per heavy atom. The van der Waals surface area contributed by atoms with Crippen LogP contribution in [0, 0.1) is 11.8 Å². The summed E-state index contributed by atoms with van der Waals surface area (Å²) in [5.41, 5.74) is 3.02. The second-order valence-corrected chi connectivity index (χ2v) is 17.9. The summed E-state index contributed by atoms with van der Waals surface area (Å²) in [4.78, 5) is 14.3. The summed E-state index contributed by atoms with van der Waals surface area (Å²) >= 11 is 0. The van der Waals surface area contributed by atoms with Crippen molar-refractivity contribution in [3.05, 3.63) is 102 Å². The molecule has 12 heteroatoms. The number of likely N-dealkylation sites (tertiary alicyclic amines) is 1. The van der Waals surface area contributed by atoms with Crippen molar-refractivity contribution in [1.29, 1.82) is 0 Å². The van der Waals surface area contributed by atoms with Gasteiger partial charge in [-0.15, -0.1) is 10.2 Å². The number of aromatic nitrogens is 4. The highest BCUT2D eigenvalue weighted by Crippen LogP contribution is 2.52. The second kappa shape index (κ2) is 15.7. The molecular weight excluding hydrogens is 769 g/mol. The Kier molecular flexibility index (Phi) is 10.3. The quantitative estimate of drug-likeness (QED) is 0.107. The van der Waals surface area contributed by atoms with E-state index in [0.29, 0.717) is 24.7 Å². The van der Waals surface area contributed by atoms with Crippen LogP contribution in [0.25, 0.3) is 32.6 Å². The van der Waals surface area contributed by atoms with Crippen LogP contribution in [0.1, 0.15) is 88.2 Å². The molecule has 3 aromatic carbocycles. The van der Waals surface area contributed by atoms with Crippen molar-refractivity contribution >= 4 is 32.6 Å². The van der Waals surface area contributed by atoms with Crippen LogP contribution in [0.15, 0.2) is 85.2 Å². The molecule has 0 spiro atoms. The number of pyridine rings is 2. The van der Waals surface area contributed by atoms with Crippen LogP contribution < -0.4 is 14.2 Å². The molecule has 3 aromatic heterocycles. The third kappa shape index (κ3) is 6.78. The van der Waals surface area contributed by atoms with Crippen LogP contribution in [0.2, 0.25) is 0 Å². The molecule has 4 aliphatic heterocycles. The Morgan fingerprint density at radius 1 is 0.787 bits per heavy atom. The first-order valence-electron chi connectivity index (χ1n) is 22.1. The maximum atomic E-state index is 11.7. The number of nitrogens with zero attached hydrogens (tertiary/aromatic N) is 6. The van der Waals surface area contributed by atoms with Crippen molar-refractivity contribution in [3.63, 3.8) is 0 Å². The first-order chi connectivity index (χ1) is 29.6. The molecule has 5 fully saturated rings. The SMILES string of the molecule is CC[C@@]1(O)CN2CCC1CC2[C@@H](Oc1nnc(O[C@H](c2ccnc3ccc(CO)cc23)C(C)N2CC[C@@H]3C2C[C@@]3(O)CC)c2ccccc12)c1ccnc2ccc(OC)cc12. The van der Waals surface area contributed by atoms with E-state index >= 15 is 0 Å². The molecule has 6 aromatic rings. The van der Waals surface area contributed by atoms with Crippen LogP contribution in [-0.4, -0.2) is 101 Å². The molecule has 0 amide bonds. The lowest BCUT2D eigenvalue weighted by atomic mass is 9.64. The number of aliphatic hydroxyl groups is 3. The number of piperidine rings is 3. The van der Waals surface area contributed by atoms with Crippen molar-refractivity contribution < 1.29 is 29.5 Å². The zero-order valence-corrected chi connectivity index (χ0v) is 35.4. The molecule has 10 atom stereocenters. The van der Waals surface area contributed by atoms with Crippen molar-refractivity contribution in [2.75, 3.05) is 26.7 Å². The average molecular weight is 825 g/mol. The predicted octanol–water partition coefficient (Wildman–Crippen LogP) is 7.33. The van der Waals surface area contributed by atoms with Crippen LogP contribution in [0.5, 0.6) is 17.5 Å². The van der Waals surface area contributed by atoms with Gasteiger partial charge in [-0.3, -0.25) is 19.8 Å². The molecule has 3 N–H and O–H groups in total. The Labute approximate surface area is 356 Å². The average Bonchev–Trinajstić information content (AvgIpc) is 3.67. The molecule has 12 nitrogen and oxygen atoms in total. The maximum Gasteiger partial charge on any atom is 0.242 e. The van der Waals surface area contributed by atoms with E-state index in [2.05, 4.69) is 35.6 Å². The van der Waals surface area contributed by atoms with Crippen LogP contribution in [0.4, 0.5) is 0 Å². The maximum absolute atomic E-state index is 11.7. The molecular formula is C49H56N6O6. The number of aliphatic hydroxyl groups excluding tert-OH is 1. The molecule has 7 heterocycles. The topological polar surface area (TPSA) is 146 Å². The number of benzene rings is 3. The fraction of sp³-hybridized carbons (Fsp3) is 0.469. The summed E-state index contributed by atoms with van der Waals surface area (Å²) in [6.07, 6.45) is 7.55. The van der Waals surface area contributed by atoms with E-state index in [0.717, 1.165) is 100 Å². The minimum atomic E-state index is -0.729. The Hall–Kier alpha value is -4.98. The Balaban J connectivity index is 1.05. The van der Waals surface area contributed by atoms with Gasteiger partial charge in [0.25, 0.3) is 0 Å². The van der Waals surface area contributed by atoms with E-state index in [1.807, 2.05) is 85.2 Å². The number of hydrogen-bond donors (Lipinski definition) is 3. The smallest absolute Gasteiger partial charge is 0.242 e. The lowest BCUT2D eigenvalue weighted by molar-refractivity contribution is -0.150. The third-order valence-electron chi connectivity index (χ3n) is 15.1. The number of fused-ring (bicyclic) bond motifs is 7. The molecule has 11 rings (SSSR count). The largest absolute Gasteiger partial charge is 0.497 e.